The molecule has 3 aliphatic rings. The van der Waals surface area contributed by atoms with Crippen LogP contribution in [-0.4, -0.2) is 32.2 Å². The smallest absolute Gasteiger partial charge is 0.147 e. The maximum Gasteiger partial charge on any atom is 0.147 e. The molecule has 0 saturated carbocycles. The Morgan fingerprint density at radius 1 is 0.300 bits per heavy atom. The van der Waals surface area contributed by atoms with Gasteiger partial charge in [-0.3, -0.25) is 0 Å². The molecule has 7 aromatic rings. The van der Waals surface area contributed by atoms with Crippen molar-refractivity contribution in [3.63, 3.8) is 0 Å². The molecule has 2 unspecified atom stereocenters. The molecule has 1 fully saturated rings. The standard InChI is InChI=1S/C96H132O4/c1-9-15-21-27-31-37-59-95(60-38-32-28-22-16-10-2)91-63-74(8)45-55-85(91)87-57-49-79(67-93(87)95)89-64-78(42-36-26-20-14-6)90(65-77(89)41-35-25-19-13-5)80-50-58-88-86-56-48-76(66-92(86)96(94(88)68-80,61-39-33-29-23-17-11-3)62-40-34-30-24-18-12-4)75-46-53-82(54-47-75)98-71-84-69-83(99-72-100-84)70-97-81-51-43-73(7)44-52-81/h43-58,63-68,83-84H,9-42,59-62,69-72H2,1-8H3. The Morgan fingerprint density at radius 2 is 0.610 bits per heavy atom. The SMILES string of the molecule is CCCCCCCCC1(CCCCCCCC)c2cc(C)ccc2-c2ccc(-c3cc(CCCCCC)c(-c4ccc5c(c4)C(CCCCCCCC)(CCCCCCCC)c4cc(-c6ccc(OCC7CC(COc8ccc(C)cc8)OCO7)cc6)ccc4-5)cc3CCCCCC)cc21. The van der Waals surface area contributed by atoms with Crippen molar-refractivity contribution < 1.29 is 18.9 Å². The van der Waals surface area contributed by atoms with Gasteiger partial charge >= 0.3 is 0 Å². The number of fused-ring (bicyclic) bond motifs is 6. The van der Waals surface area contributed by atoms with Gasteiger partial charge in [-0.2, -0.15) is 0 Å². The van der Waals surface area contributed by atoms with Gasteiger partial charge in [0.05, 0.1) is 12.2 Å². The lowest BCUT2D eigenvalue weighted by atomic mass is 9.69. The quantitative estimate of drug-likeness (QED) is 0.0356. The molecule has 100 heavy (non-hydrogen) atoms. The van der Waals surface area contributed by atoms with E-state index in [1.165, 1.54) is 298 Å². The van der Waals surface area contributed by atoms with Crippen LogP contribution in [0.4, 0.5) is 0 Å². The van der Waals surface area contributed by atoms with Crippen LogP contribution in [0.5, 0.6) is 11.5 Å². The molecule has 0 bridgehead atoms. The molecule has 2 atom stereocenters. The Bertz CT molecular complexity index is 3520. The first kappa shape index (κ1) is 76.7. The molecule has 1 aliphatic heterocycles. The normalized spacial score (nSPS) is 15.6. The summed E-state index contributed by atoms with van der Waals surface area (Å²) in [5, 5.41) is 0. The van der Waals surface area contributed by atoms with Crippen LogP contribution in [0.25, 0.3) is 55.6 Å². The van der Waals surface area contributed by atoms with E-state index in [1.54, 1.807) is 33.4 Å². The number of hydrogen-bond acceptors (Lipinski definition) is 4. The zero-order valence-electron chi connectivity index (χ0n) is 64.2. The van der Waals surface area contributed by atoms with Crippen LogP contribution in [0, 0.1) is 13.8 Å². The summed E-state index contributed by atoms with van der Waals surface area (Å²) in [4.78, 5) is 0. The second-order valence-electron chi connectivity index (χ2n) is 31.2. The lowest BCUT2D eigenvalue weighted by molar-refractivity contribution is -0.188. The van der Waals surface area contributed by atoms with Gasteiger partial charge in [-0.05, 0) is 197 Å². The number of hydrogen-bond donors (Lipinski definition) is 0. The molecular weight excluding hydrogens is 1220 g/mol. The van der Waals surface area contributed by atoms with Crippen LogP contribution >= 0.6 is 0 Å². The van der Waals surface area contributed by atoms with Gasteiger partial charge in [0.1, 0.15) is 31.5 Å². The van der Waals surface area contributed by atoms with Crippen LogP contribution in [0.15, 0.2) is 133 Å². The Morgan fingerprint density at radius 3 is 1.01 bits per heavy atom. The zero-order valence-corrected chi connectivity index (χ0v) is 64.2. The fourth-order valence-corrected chi connectivity index (χ4v) is 17.5. The highest BCUT2D eigenvalue weighted by Crippen LogP contribution is 2.58. The molecule has 540 valence electrons. The minimum atomic E-state index is -0.0791. The predicted molar refractivity (Wildman–Crippen MR) is 429 cm³/mol. The van der Waals surface area contributed by atoms with E-state index in [9.17, 15) is 0 Å². The third-order valence-electron chi connectivity index (χ3n) is 23.5. The topological polar surface area (TPSA) is 36.9 Å². The van der Waals surface area contributed by atoms with Gasteiger partial charge in [0.2, 0.25) is 0 Å². The summed E-state index contributed by atoms with van der Waals surface area (Å²) in [6, 6.07) is 53.5. The summed E-state index contributed by atoms with van der Waals surface area (Å²) < 4.78 is 24.6. The molecular formula is C96H132O4. The number of aryl methyl sites for hydroxylation is 4. The van der Waals surface area contributed by atoms with E-state index in [2.05, 4.69) is 177 Å². The highest BCUT2D eigenvalue weighted by atomic mass is 16.7. The van der Waals surface area contributed by atoms with Crippen molar-refractivity contribution in [1.82, 2.24) is 0 Å². The van der Waals surface area contributed by atoms with Crippen molar-refractivity contribution in [3.8, 4) is 67.1 Å². The lowest BCUT2D eigenvalue weighted by Gasteiger charge is -2.34. The van der Waals surface area contributed by atoms with Crippen molar-refractivity contribution in [3.05, 3.63) is 178 Å². The molecule has 0 N–H and O–H groups in total. The Kier molecular flexibility index (Phi) is 30.8. The Labute approximate surface area is 609 Å². The molecule has 4 nitrogen and oxygen atoms in total. The van der Waals surface area contributed by atoms with Crippen LogP contribution in [-0.2, 0) is 33.1 Å². The third-order valence-corrected chi connectivity index (χ3v) is 23.5. The molecule has 1 heterocycles. The fraction of sp³-hybridized carbons (Fsp3) is 0.562. The molecule has 7 aromatic carbocycles. The van der Waals surface area contributed by atoms with Gasteiger partial charge in [0, 0.05) is 17.3 Å². The molecule has 4 heteroatoms. The second kappa shape index (κ2) is 40.2. The monoisotopic (exact) mass is 1350 g/mol. The van der Waals surface area contributed by atoms with E-state index < -0.39 is 0 Å². The summed E-state index contributed by atoms with van der Waals surface area (Å²) in [5.41, 5.74) is 26.4. The summed E-state index contributed by atoms with van der Waals surface area (Å²) in [5.74, 6) is 1.73. The van der Waals surface area contributed by atoms with Gasteiger partial charge in [-0.15, -0.1) is 0 Å². The van der Waals surface area contributed by atoms with Crippen LogP contribution in [0.3, 0.4) is 0 Å². The summed E-state index contributed by atoms with van der Waals surface area (Å²) in [7, 11) is 0. The molecule has 2 aliphatic carbocycles. The number of unbranched alkanes of at least 4 members (excludes halogenated alkanes) is 26. The average Bonchev–Trinajstić information content (AvgIpc) is 1.58. The van der Waals surface area contributed by atoms with E-state index >= 15 is 0 Å². The van der Waals surface area contributed by atoms with E-state index in [4.69, 9.17) is 18.9 Å². The highest BCUT2D eigenvalue weighted by Gasteiger charge is 2.44. The summed E-state index contributed by atoms with van der Waals surface area (Å²) in [6.07, 6.45) is 49.4. The molecule has 0 spiro atoms. The summed E-state index contributed by atoms with van der Waals surface area (Å²) in [6.45, 7) is 19.8. The van der Waals surface area contributed by atoms with Crippen molar-refractivity contribution in [2.45, 2.75) is 329 Å². The van der Waals surface area contributed by atoms with Gasteiger partial charge < -0.3 is 18.9 Å². The van der Waals surface area contributed by atoms with E-state index in [-0.39, 0.29) is 29.8 Å². The first-order chi connectivity index (χ1) is 49.1. The number of ether oxygens (including phenoxy) is 4. The zero-order chi connectivity index (χ0) is 69.8. The van der Waals surface area contributed by atoms with Crippen LogP contribution in [0.2, 0.25) is 0 Å². The second-order valence-corrected chi connectivity index (χ2v) is 31.2. The van der Waals surface area contributed by atoms with Gasteiger partial charge in [-0.1, -0.05) is 336 Å². The Balaban J connectivity index is 1.02. The van der Waals surface area contributed by atoms with E-state index in [1.807, 2.05) is 12.1 Å². The first-order valence-electron chi connectivity index (χ1n) is 41.5. The molecule has 1 saturated heterocycles. The lowest BCUT2D eigenvalue weighted by Crippen LogP contribution is -2.38. The Hall–Kier alpha value is -5.94. The number of benzene rings is 7. The van der Waals surface area contributed by atoms with Crippen molar-refractivity contribution in [1.29, 1.82) is 0 Å². The maximum atomic E-state index is 6.49. The first-order valence-corrected chi connectivity index (χ1v) is 41.5. The summed E-state index contributed by atoms with van der Waals surface area (Å²) >= 11 is 0. The molecule has 0 aromatic heterocycles. The predicted octanol–water partition coefficient (Wildman–Crippen LogP) is 28.7. The van der Waals surface area contributed by atoms with Crippen molar-refractivity contribution in [2.75, 3.05) is 20.0 Å². The third kappa shape index (κ3) is 20.3. The maximum absolute atomic E-state index is 6.49. The van der Waals surface area contributed by atoms with Gasteiger partial charge in [0.15, 0.2) is 0 Å². The van der Waals surface area contributed by atoms with Gasteiger partial charge in [0.25, 0.3) is 0 Å². The number of rotatable bonds is 47. The molecule has 0 radical (unpaired) electrons. The average molecular weight is 1350 g/mol. The van der Waals surface area contributed by atoms with Crippen molar-refractivity contribution >= 4 is 0 Å². The highest BCUT2D eigenvalue weighted by molar-refractivity contribution is 5.89. The van der Waals surface area contributed by atoms with Crippen LogP contribution < -0.4 is 9.47 Å². The molecule has 0 amide bonds. The molecule has 10 rings (SSSR count). The van der Waals surface area contributed by atoms with E-state index in [0.29, 0.717) is 13.2 Å². The van der Waals surface area contributed by atoms with Gasteiger partial charge in [-0.25, -0.2) is 0 Å². The minimum absolute atomic E-state index is 0.0397. The largest absolute Gasteiger partial charge is 0.491 e. The van der Waals surface area contributed by atoms with Crippen LogP contribution in [0.1, 0.15) is 324 Å². The fourth-order valence-electron chi connectivity index (χ4n) is 17.5. The minimum Gasteiger partial charge on any atom is -0.491 e. The van der Waals surface area contributed by atoms with E-state index in [0.717, 1.165) is 30.8 Å². The van der Waals surface area contributed by atoms with Crippen molar-refractivity contribution in [2.24, 2.45) is 0 Å².